The number of benzene rings is 1. The normalized spacial score (nSPS) is 12.4. The highest BCUT2D eigenvalue weighted by Gasteiger charge is 2.30. The van der Waals surface area contributed by atoms with E-state index in [0.29, 0.717) is 40.1 Å². The number of rotatable bonds is 10. The van der Waals surface area contributed by atoms with Crippen molar-refractivity contribution in [1.82, 2.24) is 34.6 Å². The van der Waals surface area contributed by atoms with Gasteiger partial charge in [0.25, 0.3) is 5.91 Å². The zero-order chi connectivity index (χ0) is 30.9. The largest absolute Gasteiger partial charge is 0.416 e. The molecular formula is C29H31F4N7O2Si. The van der Waals surface area contributed by atoms with Gasteiger partial charge in [0.15, 0.2) is 5.65 Å². The van der Waals surface area contributed by atoms with E-state index < -0.39 is 31.5 Å². The second-order valence-electron chi connectivity index (χ2n) is 11.5. The van der Waals surface area contributed by atoms with Crippen LogP contribution in [0.2, 0.25) is 25.7 Å². The highest BCUT2D eigenvalue weighted by molar-refractivity contribution is 6.76. The van der Waals surface area contributed by atoms with Crippen molar-refractivity contribution in [2.75, 3.05) is 13.2 Å². The number of aromatic nitrogens is 6. The molecule has 0 atom stereocenters. The van der Waals surface area contributed by atoms with Crippen molar-refractivity contribution in [2.24, 2.45) is 7.05 Å². The number of aryl methyl sites for hydroxylation is 1. The summed E-state index contributed by atoms with van der Waals surface area (Å²) < 4.78 is 62.3. The summed E-state index contributed by atoms with van der Waals surface area (Å²) in [5.74, 6) is -0.869. The number of alkyl halides is 3. The van der Waals surface area contributed by atoms with Gasteiger partial charge in [-0.15, -0.1) is 0 Å². The number of ether oxygens (including phenoxy) is 1. The van der Waals surface area contributed by atoms with Gasteiger partial charge in [-0.2, -0.15) is 18.3 Å². The molecule has 14 heteroatoms. The number of hydrogen-bond acceptors (Lipinski definition) is 6. The molecule has 4 heterocycles. The third-order valence-electron chi connectivity index (χ3n) is 6.90. The summed E-state index contributed by atoms with van der Waals surface area (Å²) in [5.41, 5.74) is 1.81. The summed E-state index contributed by atoms with van der Waals surface area (Å²) in [5, 5.41) is 7.94. The Hall–Kier alpha value is -4.17. The van der Waals surface area contributed by atoms with Crippen molar-refractivity contribution in [2.45, 2.75) is 45.0 Å². The molecule has 0 aliphatic carbocycles. The highest BCUT2D eigenvalue weighted by atomic mass is 28.3. The number of fused-ring (bicyclic) bond motifs is 2. The molecule has 43 heavy (non-hydrogen) atoms. The maximum Gasteiger partial charge on any atom is 0.416 e. The Balaban J connectivity index is 1.43. The Morgan fingerprint density at radius 1 is 1.12 bits per heavy atom. The van der Waals surface area contributed by atoms with Crippen molar-refractivity contribution in [3.05, 3.63) is 71.6 Å². The Kier molecular flexibility index (Phi) is 8.34. The SMILES string of the molecule is Cn1nc(-c2cnc3c(n2)c(C(=O)NCCc2cc(C(F)(F)F)ccn2)cn3COCC[Si](C)(C)C)c2ccc(F)cc21. The van der Waals surface area contributed by atoms with Crippen molar-refractivity contribution in [3.63, 3.8) is 0 Å². The summed E-state index contributed by atoms with van der Waals surface area (Å²) in [4.78, 5) is 26.7. The van der Waals surface area contributed by atoms with E-state index in [2.05, 4.69) is 40.0 Å². The van der Waals surface area contributed by atoms with E-state index in [0.717, 1.165) is 24.4 Å². The molecule has 0 spiro atoms. The molecule has 0 aliphatic heterocycles. The van der Waals surface area contributed by atoms with Crippen LogP contribution in [0.1, 0.15) is 21.6 Å². The summed E-state index contributed by atoms with van der Waals surface area (Å²) in [6.45, 7) is 7.52. The number of nitrogens with zero attached hydrogens (tertiary/aromatic N) is 6. The van der Waals surface area contributed by atoms with E-state index in [1.54, 1.807) is 34.8 Å². The van der Waals surface area contributed by atoms with Gasteiger partial charge < -0.3 is 14.6 Å². The van der Waals surface area contributed by atoms with Crippen LogP contribution in [-0.4, -0.2) is 56.4 Å². The summed E-state index contributed by atoms with van der Waals surface area (Å²) in [6, 6.07) is 7.17. The molecular weight excluding hydrogens is 582 g/mol. The van der Waals surface area contributed by atoms with Crippen LogP contribution >= 0.6 is 0 Å². The van der Waals surface area contributed by atoms with E-state index in [-0.39, 0.29) is 31.0 Å². The zero-order valence-electron chi connectivity index (χ0n) is 24.2. The van der Waals surface area contributed by atoms with Crippen LogP contribution in [-0.2, 0) is 31.1 Å². The minimum Gasteiger partial charge on any atom is -0.361 e. The maximum absolute atomic E-state index is 13.9. The first-order valence-corrected chi connectivity index (χ1v) is 17.4. The van der Waals surface area contributed by atoms with E-state index in [1.807, 2.05) is 0 Å². The van der Waals surface area contributed by atoms with Crippen LogP contribution < -0.4 is 5.32 Å². The van der Waals surface area contributed by atoms with Crippen LogP contribution in [0.3, 0.4) is 0 Å². The zero-order valence-corrected chi connectivity index (χ0v) is 25.2. The third-order valence-corrected chi connectivity index (χ3v) is 8.61. The van der Waals surface area contributed by atoms with Gasteiger partial charge in [0.05, 0.1) is 22.8 Å². The number of pyridine rings is 1. The molecule has 5 rings (SSSR count). The van der Waals surface area contributed by atoms with Gasteiger partial charge in [-0.1, -0.05) is 19.6 Å². The van der Waals surface area contributed by atoms with Crippen LogP contribution in [0.4, 0.5) is 17.6 Å². The topological polar surface area (TPSA) is 99.8 Å². The molecule has 1 amide bonds. The lowest BCUT2D eigenvalue weighted by Crippen LogP contribution is -2.26. The second kappa shape index (κ2) is 11.8. The fourth-order valence-corrected chi connectivity index (χ4v) is 5.34. The average molecular weight is 614 g/mol. The van der Waals surface area contributed by atoms with Crippen molar-refractivity contribution < 1.29 is 27.1 Å². The monoisotopic (exact) mass is 613 g/mol. The van der Waals surface area contributed by atoms with Gasteiger partial charge >= 0.3 is 6.18 Å². The lowest BCUT2D eigenvalue weighted by atomic mass is 10.1. The Morgan fingerprint density at radius 3 is 2.65 bits per heavy atom. The van der Waals surface area contributed by atoms with Gasteiger partial charge in [-0.3, -0.25) is 14.5 Å². The molecule has 1 aromatic carbocycles. The van der Waals surface area contributed by atoms with Gasteiger partial charge in [0, 0.05) is 58.2 Å². The fourth-order valence-electron chi connectivity index (χ4n) is 4.58. The number of amides is 1. The van der Waals surface area contributed by atoms with Gasteiger partial charge in [-0.05, 0) is 36.4 Å². The smallest absolute Gasteiger partial charge is 0.361 e. The first kappa shape index (κ1) is 30.3. The van der Waals surface area contributed by atoms with Gasteiger partial charge in [-0.25, -0.2) is 14.4 Å². The first-order chi connectivity index (χ1) is 20.3. The number of carbonyl (C=O) groups excluding carboxylic acids is 1. The van der Waals surface area contributed by atoms with Crippen molar-refractivity contribution in [1.29, 1.82) is 0 Å². The summed E-state index contributed by atoms with van der Waals surface area (Å²) >= 11 is 0. The Bertz CT molecular complexity index is 1790. The van der Waals surface area contributed by atoms with E-state index in [9.17, 15) is 22.4 Å². The number of carbonyl (C=O) groups is 1. The third kappa shape index (κ3) is 6.91. The summed E-state index contributed by atoms with van der Waals surface area (Å²) in [6.07, 6.45) is -0.132. The molecule has 0 bridgehead atoms. The molecule has 0 aliphatic rings. The first-order valence-electron chi connectivity index (χ1n) is 13.7. The van der Waals surface area contributed by atoms with Gasteiger partial charge in [0.1, 0.15) is 29.5 Å². The average Bonchev–Trinajstić information content (AvgIpc) is 3.47. The predicted molar refractivity (Wildman–Crippen MR) is 157 cm³/mol. The van der Waals surface area contributed by atoms with E-state index in [4.69, 9.17) is 9.72 Å². The van der Waals surface area contributed by atoms with E-state index in [1.165, 1.54) is 12.1 Å². The molecule has 5 aromatic rings. The molecule has 0 unspecified atom stereocenters. The fraction of sp³-hybridized carbons (Fsp3) is 0.345. The maximum atomic E-state index is 13.9. The lowest BCUT2D eigenvalue weighted by molar-refractivity contribution is -0.137. The van der Waals surface area contributed by atoms with Crippen LogP contribution in [0, 0.1) is 5.82 Å². The highest BCUT2D eigenvalue weighted by Crippen LogP contribution is 2.30. The van der Waals surface area contributed by atoms with Crippen LogP contribution in [0.25, 0.3) is 33.5 Å². The molecule has 226 valence electrons. The molecule has 9 nitrogen and oxygen atoms in total. The Labute approximate surface area is 245 Å². The standard InChI is InChI=1S/C29H31F4N7O2Si/c1-39-24-14-19(30)5-6-21(24)25(38-39)23-15-36-27-26(37-23)22(16-40(27)17-42-11-12-43(2,3)4)28(41)35-10-8-20-13-18(7-9-34-20)29(31,32)33/h5-7,9,13-16H,8,10-12,17H2,1-4H3,(H,35,41). The Morgan fingerprint density at radius 2 is 1.91 bits per heavy atom. The minimum absolute atomic E-state index is 0.0517. The molecule has 1 N–H and O–H groups in total. The molecule has 0 radical (unpaired) electrons. The molecule has 0 fully saturated rings. The minimum atomic E-state index is -4.48. The van der Waals surface area contributed by atoms with Crippen molar-refractivity contribution >= 4 is 36.0 Å². The quantitative estimate of drug-likeness (QED) is 0.121. The number of hydrogen-bond donors (Lipinski definition) is 1. The molecule has 4 aromatic heterocycles. The van der Waals surface area contributed by atoms with Gasteiger partial charge in [0.2, 0.25) is 0 Å². The van der Waals surface area contributed by atoms with E-state index >= 15 is 0 Å². The molecule has 0 saturated heterocycles. The van der Waals surface area contributed by atoms with Crippen molar-refractivity contribution in [3.8, 4) is 11.4 Å². The summed E-state index contributed by atoms with van der Waals surface area (Å²) in [7, 11) is 0.384. The van der Waals surface area contributed by atoms with Crippen LogP contribution in [0.15, 0.2) is 48.9 Å². The lowest BCUT2D eigenvalue weighted by Gasteiger charge is -2.15. The number of halogens is 4. The predicted octanol–water partition coefficient (Wildman–Crippen LogP) is 5.82. The number of nitrogens with one attached hydrogen (secondary N) is 1. The molecule has 0 saturated carbocycles. The second-order valence-corrected chi connectivity index (χ2v) is 17.1. The van der Waals surface area contributed by atoms with Crippen LogP contribution in [0.5, 0.6) is 0 Å².